The molecule has 0 radical (unpaired) electrons. The van der Waals surface area contributed by atoms with E-state index in [1.807, 2.05) is 0 Å². The third-order valence-electron chi connectivity index (χ3n) is 0.815. The molecule has 1 heterocycles. The van der Waals surface area contributed by atoms with Gasteiger partial charge >= 0.3 is 0 Å². The van der Waals surface area contributed by atoms with E-state index in [0.29, 0.717) is 11.5 Å². The molecule has 1 unspecified atom stereocenters. The molecular weight excluding hydrogens is 114 g/mol. The van der Waals surface area contributed by atoms with E-state index in [-0.39, 0.29) is 0 Å². The Morgan fingerprint density at radius 1 is 1.86 bits per heavy atom. The van der Waals surface area contributed by atoms with Crippen molar-refractivity contribution < 1.29 is 8.76 Å². The molecule has 0 fully saturated rings. The zero-order valence-corrected chi connectivity index (χ0v) is 4.44. The highest BCUT2D eigenvalue weighted by atomic mass is 32.2. The van der Waals surface area contributed by atoms with Crippen LogP contribution in [-0.2, 0) is 11.1 Å². The van der Waals surface area contributed by atoms with Gasteiger partial charge in [0.1, 0.15) is 5.04 Å². The van der Waals surface area contributed by atoms with Crippen LogP contribution in [0.2, 0.25) is 0 Å². The molecule has 0 aromatic carbocycles. The predicted molar refractivity (Wildman–Crippen MR) is 27.7 cm³/mol. The standard InChI is InChI=1S/C3H5NO2S/c5-7(6)3-1-2-4-3/h1-2H2,(H,5,6). The smallest absolute Gasteiger partial charge is 0.200 e. The quantitative estimate of drug-likeness (QED) is 0.457. The van der Waals surface area contributed by atoms with Crippen LogP contribution >= 0.6 is 0 Å². The van der Waals surface area contributed by atoms with Crippen molar-refractivity contribution in [3.05, 3.63) is 0 Å². The number of aliphatic imine (C=N–C) groups is 1. The van der Waals surface area contributed by atoms with Crippen molar-refractivity contribution in [1.29, 1.82) is 0 Å². The topological polar surface area (TPSA) is 49.7 Å². The summed E-state index contributed by atoms with van der Waals surface area (Å²) in [5.74, 6) is 0. The third kappa shape index (κ3) is 0.863. The Labute approximate surface area is 43.7 Å². The van der Waals surface area contributed by atoms with Crippen LogP contribution < -0.4 is 0 Å². The minimum Gasteiger partial charge on any atom is -0.301 e. The van der Waals surface area contributed by atoms with Crippen LogP contribution in [0.3, 0.4) is 0 Å². The summed E-state index contributed by atoms with van der Waals surface area (Å²) in [7, 11) is 0. The van der Waals surface area contributed by atoms with Crippen LogP contribution in [0.15, 0.2) is 4.99 Å². The van der Waals surface area contributed by atoms with E-state index in [4.69, 9.17) is 4.55 Å². The van der Waals surface area contributed by atoms with Crippen LogP contribution in [0.25, 0.3) is 0 Å². The normalized spacial score (nSPS) is 22.7. The largest absolute Gasteiger partial charge is 0.301 e. The molecule has 0 saturated carbocycles. The summed E-state index contributed by atoms with van der Waals surface area (Å²) in [6.07, 6.45) is 0.698. The van der Waals surface area contributed by atoms with Gasteiger partial charge < -0.3 is 4.55 Å². The molecule has 1 aliphatic rings. The zero-order valence-electron chi connectivity index (χ0n) is 3.63. The van der Waals surface area contributed by atoms with E-state index in [2.05, 4.69) is 4.99 Å². The van der Waals surface area contributed by atoms with Gasteiger partial charge in [0.25, 0.3) is 0 Å². The molecule has 1 rings (SSSR count). The summed E-state index contributed by atoms with van der Waals surface area (Å²) < 4.78 is 18.2. The van der Waals surface area contributed by atoms with Gasteiger partial charge in [-0.25, -0.2) is 4.21 Å². The minimum absolute atomic E-state index is 0.431. The number of rotatable bonds is 0. The van der Waals surface area contributed by atoms with Gasteiger partial charge in [0.05, 0.1) is 0 Å². The summed E-state index contributed by atoms with van der Waals surface area (Å²) in [4.78, 5) is 3.64. The fraction of sp³-hybridized carbons (Fsp3) is 0.667. The van der Waals surface area contributed by atoms with Crippen molar-refractivity contribution in [2.45, 2.75) is 6.42 Å². The van der Waals surface area contributed by atoms with Gasteiger partial charge in [-0.1, -0.05) is 0 Å². The molecule has 0 amide bonds. The SMILES string of the molecule is O=S(O)C1=NCC1. The average molecular weight is 119 g/mol. The highest BCUT2D eigenvalue weighted by Gasteiger charge is 2.11. The minimum atomic E-state index is -1.77. The summed E-state index contributed by atoms with van der Waals surface area (Å²) in [6.45, 7) is 0.724. The monoisotopic (exact) mass is 119 g/mol. The first-order chi connectivity index (χ1) is 3.30. The Morgan fingerprint density at radius 2 is 2.43 bits per heavy atom. The Hall–Kier alpha value is -0.220. The third-order valence-corrected chi connectivity index (χ3v) is 1.55. The summed E-state index contributed by atoms with van der Waals surface area (Å²) in [6, 6.07) is 0. The summed E-state index contributed by atoms with van der Waals surface area (Å²) in [5, 5.41) is 0.431. The number of hydrogen-bond donors (Lipinski definition) is 1. The molecule has 0 spiro atoms. The Balaban J connectivity index is 2.57. The molecule has 0 saturated heterocycles. The van der Waals surface area contributed by atoms with Crippen molar-refractivity contribution in [3.8, 4) is 0 Å². The lowest BCUT2D eigenvalue weighted by molar-refractivity contribution is 0.575. The highest BCUT2D eigenvalue weighted by molar-refractivity contribution is 7.95. The molecule has 1 aliphatic heterocycles. The van der Waals surface area contributed by atoms with Crippen LogP contribution in [0.5, 0.6) is 0 Å². The molecule has 0 bridgehead atoms. The van der Waals surface area contributed by atoms with Gasteiger partial charge in [-0.3, -0.25) is 4.99 Å². The number of hydrogen-bond acceptors (Lipinski definition) is 2. The van der Waals surface area contributed by atoms with E-state index < -0.39 is 11.1 Å². The van der Waals surface area contributed by atoms with E-state index in [9.17, 15) is 4.21 Å². The molecule has 7 heavy (non-hydrogen) atoms. The molecule has 4 heteroatoms. The second-order valence-electron chi connectivity index (χ2n) is 1.27. The molecule has 3 nitrogen and oxygen atoms in total. The molecular formula is C3H5NO2S. The van der Waals surface area contributed by atoms with E-state index >= 15 is 0 Å². The maximum absolute atomic E-state index is 9.96. The molecule has 1 N–H and O–H groups in total. The van der Waals surface area contributed by atoms with Gasteiger partial charge in [0.15, 0.2) is 0 Å². The lowest BCUT2D eigenvalue weighted by atomic mass is 10.4. The molecule has 0 aliphatic carbocycles. The first kappa shape index (κ1) is 4.93. The van der Waals surface area contributed by atoms with Crippen LogP contribution in [0, 0.1) is 0 Å². The molecule has 1 atom stereocenters. The first-order valence-electron chi connectivity index (χ1n) is 1.95. The number of nitrogens with zero attached hydrogens (tertiary/aromatic N) is 1. The lowest BCUT2D eigenvalue weighted by Crippen LogP contribution is -2.16. The van der Waals surface area contributed by atoms with Crippen molar-refractivity contribution in [2.24, 2.45) is 4.99 Å². The van der Waals surface area contributed by atoms with Crippen molar-refractivity contribution in [2.75, 3.05) is 6.54 Å². The van der Waals surface area contributed by atoms with E-state index in [1.165, 1.54) is 0 Å². The van der Waals surface area contributed by atoms with Crippen LogP contribution in [0.4, 0.5) is 0 Å². The maximum Gasteiger partial charge on any atom is 0.200 e. The van der Waals surface area contributed by atoms with Gasteiger partial charge in [0, 0.05) is 13.0 Å². The molecule has 0 aromatic heterocycles. The second kappa shape index (κ2) is 1.71. The summed E-state index contributed by atoms with van der Waals surface area (Å²) >= 11 is -1.77. The average Bonchev–Trinajstić information content (AvgIpc) is 1.23. The maximum atomic E-state index is 9.96. The lowest BCUT2D eigenvalue weighted by Gasteiger charge is -2.06. The second-order valence-corrected chi connectivity index (χ2v) is 2.24. The van der Waals surface area contributed by atoms with Crippen molar-refractivity contribution in [3.63, 3.8) is 0 Å². The highest BCUT2D eigenvalue weighted by Crippen LogP contribution is 2.01. The van der Waals surface area contributed by atoms with Gasteiger partial charge in [-0.2, -0.15) is 0 Å². The van der Waals surface area contributed by atoms with Gasteiger partial charge in [-0.05, 0) is 0 Å². The van der Waals surface area contributed by atoms with E-state index in [1.54, 1.807) is 0 Å². The van der Waals surface area contributed by atoms with Crippen LogP contribution in [0.1, 0.15) is 6.42 Å². The van der Waals surface area contributed by atoms with Crippen LogP contribution in [-0.4, -0.2) is 20.4 Å². The van der Waals surface area contributed by atoms with Gasteiger partial charge in [-0.15, -0.1) is 0 Å². The van der Waals surface area contributed by atoms with Crippen molar-refractivity contribution in [1.82, 2.24) is 0 Å². The Morgan fingerprint density at radius 3 is 2.43 bits per heavy atom. The van der Waals surface area contributed by atoms with Crippen molar-refractivity contribution >= 4 is 16.1 Å². The summed E-state index contributed by atoms with van der Waals surface area (Å²) in [5.41, 5.74) is 0. The van der Waals surface area contributed by atoms with Gasteiger partial charge in [0.2, 0.25) is 11.1 Å². The molecule has 0 aromatic rings. The molecule has 40 valence electrons. The first-order valence-corrected chi connectivity index (χ1v) is 3.05. The van der Waals surface area contributed by atoms with E-state index in [0.717, 1.165) is 6.54 Å². The Kier molecular flexibility index (Phi) is 1.21. The Bertz CT molecular complexity index is 131. The zero-order chi connectivity index (χ0) is 5.28. The fourth-order valence-electron chi connectivity index (χ4n) is 0.346. The fourth-order valence-corrected chi connectivity index (χ4v) is 0.813. The predicted octanol–water partition coefficient (Wildman–Crippen LogP) is 0.0103.